The Bertz CT molecular complexity index is 1610. The van der Waals surface area contributed by atoms with Gasteiger partial charge in [-0.25, -0.2) is 18.2 Å². The maximum absolute atomic E-state index is 13.3. The van der Waals surface area contributed by atoms with Crippen molar-refractivity contribution in [3.8, 4) is 10.7 Å². The van der Waals surface area contributed by atoms with Crippen LogP contribution in [0.3, 0.4) is 0 Å². The largest absolute Gasteiger partial charge is 0.490 e. The molecule has 4 heterocycles. The highest BCUT2D eigenvalue weighted by Crippen LogP contribution is 2.36. The van der Waals surface area contributed by atoms with E-state index in [2.05, 4.69) is 14.9 Å². The summed E-state index contributed by atoms with van der Waals surface area (Å²) in [5.74, 6) is -2.15. The fourth-order valence-corrected chi connectivity index (χ4v) is 8.26. The quantitative estimate of drug-likeness (QED) is 0.244. The van der Waals surface area contributed by atoms with Gasteiger partial charge in [-0.2, -0.15) is 13.2 Å². The van der Waals surface area contributed by atoms with Crippen LogP contribution in [0.5, 0.6) is 0 Å². The number of likely N-dealkylation sites (tertiary alicyclic amines) is 1. The van der Waals surface area contributed by atoms with E-state index in [4.69, 9.17) is 4.74 Å². The summed E-state index contributed by atoms with van der Waals surface area (Å²) in [5.41, 5.74) is 0.862. The summed E-state index contributed by atoms with van der Waals surface area (Å²) in [6.07, 6.45) is -2.64. The molecule has 0 aliphatic carbocycles. The highest BCUT2D eigenvalue weighted by Gasteiger charge is 2.45. The number of nitrogens with one attached hydrogen (secondary N) is 1. The minimum absolute atomic E-state index is 0.263. The molecule has 214 valence electrons. The summed E-state index contributed by atoms with van der Waals surface area (Å²) in [6, 6.07) is 10.8. The van der Waals surface area contributed by atoms with Crippen LogP contribution in [-0.4, -0.2) is 60.7 Å². The van der Waals surface area contributed by atoms with Gasteiger partial charge < -0.3 is 9.72 Å². The number of alkyl halides is 3. The predicted molar refractivity (Wildman–Crippen MR) is 149 cm³/mol. The minimum Gasteiger partial charge on any atom is -0.453 e. The van der Waals surface area contributed by atoms with Gasteiger partial charge in [0.05, 0.1) is 16.9 Å². The summed E-state index contributed by atoms with van der Waals surface area (Å²) >= 11 is 2.66. The Morgan fingerprint density at radius 2 is 1.98 bits per heavy atom. The van der Waals surface area contributed by atoms with Crippen LogP contribution in [0.2, 0.25) is 0 Å². The van der Waals surface area contributed by atoms with Gasteiger partial charge in [0, 0.05) is 42.6 Å². The van der Waals surface area contributed by atoms with Gasteiger partial charge in [-0.15, -0.1) is 22.7 Å². The van der Waals surface area contributed by atoms with Crippen LogP contribution in [0.4, 0.5) is 18.9 Å². The van der Waals surface area contributed by atoms with Crippen molar-refractivity contribution in [2.45, 2.75) is 49.2 Å². The maximum atomic E-state index is 13.3. The van der Waals surface area contributed by atoms with Crippen LogP contribution in [0.25, 0.3) is 21.6 Å². The molecule has 1 aliphatic heterocycles. The second-order valence-electron chi connectivity index (χ2n) is 9.77. The van der Waals surface area contributed by atoms with Crippen LogP contribution >= 0.6 is 22.7 Å². The van der Waals surface area contributed by atoms with Crippen molar-refractivity contribution in [1.29, 1.82) is 0 Å². The number of nitrogens with zero attached hydrogens (tertiary/aromatic N) is 3. The van der Waals surface area contributed by atoms with E-state index >= 15 is 0 Å². The molecule has 0 atom stereocenters. The number of rotatable bonds is 8. The second-order valence-corrected chi connectivity index (χ2v) is 13.9. The Kier molecular flexibility index (Phi) is 7.72. The fourth-order valence-electron chi connectivity index (χ4n) is 4.75. The van der Waals surface area contributed by atoms with Crippen LogP contribution < -0.4 is 4.31 Å². The Morgan fingerprint density at radius 1 is 1.23 bits per heavy atom. The number of aromatic amines is 1. The number of carbonyl (C=O) groups is 1. The molecule has 0 bridgehead atoms. The molecule has 0 spiro atoms. The molecule has 0 saturated carbocycles. The lowest BCUT2D eigenvalue weighted by molar-refractivity contribution is -0.216. The van der Waals surface area contributed by atoms with Crippen molar-refractivity contribution < 1.29 is 31.1 Å². The molecule has 4 aromatic rings. The number of hydrogen-bond acceptors (Lipinski definition) is 8. The lowest BCUT2D eigenvalue weighted by atomic mass is 9.93. The highest BCUT2D eigenvalue weighted by atomic mass is 32.2. The highest BCUT2D eigenvalue weighted by molar-refractivity contribution is 7.94. The Hall–Kier alpha value is -2.94. The molecule has 1 saturated heterocycles. The average Bonchev–Trinajstić information content (AvgIpc) is 3.66. The van der Waals surface area contributed by atoms with E-state index in [1.54, 1.807) is 36.7 Å². The maximum Gasteiger partial charge on any atom is 0.490 e. The van der Waals surface area contributed by atoms with Gasteiger partial charge in [-0.1, -0.05) is 18.2 Å². The number of aromatic nitrogens is 2. The van der Waals surface area contributed by atoms with Crippen LogP contribution in [-0.2, 0) is 26.1 Å². The Labute approximate surface area is 237 Å². The van der Waals surface area contributed by atoms with Crippen molar-refractivity contribution in [3.05, 3.63) is 52.9 Å². The molecule has 0 radical (unpaired) electrons. The van der Waals surface area contributed by atoms with Crippen molar-refractivity contribution in [2.75, 3.05) is 23.9 Å². The zero-order valence-corrected chi connectivity index (χ0v) is 24.1. The first-order valence-corrected chi connectivity index (χ1v) is 15.7. The number of halogens is 3. The van der Waals surface area contributed by atoms with Crippen molar-refractivity contribution >= 4 is 55.3 Å². The van der Waals surface area contributed by atoms with E-state index in [0.29, 0.717) is 43.7 Å². The Morgan fingerprint density at radius 3 is 2.62 bits per heavy atom. The molecule has 1 aliphatic rings. The van der Waals surface area contributed by atoms with Crippen molar-refractivity contribution in [3.63, 3.8) is 0 Å². The van der Waals surface area contributed by atoms with Crippen LogP contribution in [0, 0.1) is 0 Å². The summed E-state index contributed by atoms with van der Waals surface area (Å²) in [5, 5.41) is 3.33. The van der Waals surface area contributed by atoms with Gasteiger partial charge in [0.2, 0.25) is 0 Å². The zero-order chi connectivity index (χ0) is 28.7. The predicted octanol–water partition coefficient (Wildman–Crippen LogP) is 6.03. The number of benzene rings is 1. The molecule has 14 heteroatoms. The van der Waals surface area contributed by atoms with E-state index in [0.717, 1.165) is 21.0 Å². The first-order valence-electron chi connectivity index (χ1n) is 12.6. The minimum atomic E-state index is -5.00. The van der Waals surface area contributed by atoms with E-state index in [-0.39, 0.29) is 10.8 Å². The normalized spacial score (nSPS) is 16.3. The number of sulfonamides is 1. The van der Waals surface area contributed by atoms with E-state index in [9.17, 15) is 26.4 Å². The summed E-state index contributed by atoms with van der Waals surface area (Å²) in [4.78, 5) is 22.3. The number of piperidine rings is 1. The zero-order valence-electron chi connectivity index (χ0n) is 21.7. The first kappa shape index (κ1) is 28.6. The number of ether oxygens (including phenoxy) is 1. The van der Waals surface area contributed by atoms with Gasteiger partial charge in [-0.05, 0) is 50.3 Å². The topological polar surface area (TPSA) is 95.6 Å². The van der Waals surface area contributed by atoms with Gasteiger partial charge in [-0.3, -0.25) is 9.21 Å². The molecule has 3 aromatic heterocycles. The number of thiophene rings is 1. The molecule has 1 aromatic carbocycles. The number of anilines is 1. The third kappa shape index (κ3) is 5.76. The van der Waals surface area contributed by atoms with E-state index in [1.807, 2.05) is 18.2 Å². The van der Waals surface area contributed by atoms with Gasteiger partial charge in [0.25, 0.3) is 10.0 Å². The lowest BCUT2D eigenvalue weighted by Crippen LogP contribution is -2.46. The fraction of sp³-hybridized carbons (Fsp3) is 0.385. The number of hydrogen-bond donors (Lipinski definition) is 1. The molecule has 5 rings (SSSR count). The molecular formula is C26H27F3N4O4S3. The molecule has 1 N–H and O–H groups in total. The monoisotopic (exact) mass is 612 g/mol. The molecule has 40 heavy (non-hydrogen) atoms. The second kappa shape index (κ2) is 10.8. The smallest absolute Gasteiger partial charge is 0.453 e. The van der Waals surface area contributed by atoms with Gasteiger partial charge >= 0.3 is 12.1 Å². The number of fused-ring (bicyclic) bond motifs is 1. The van der Waals surface area contributed by atoms with Gasteiger partial charge in [0.1, 0.15) is 14.8 Å². The molecule has 0 unspecified atom stereocenters. The van der Waals surface area contributed by atoms with Gasteiger partial charge in [0.15, 0.2) is 0 Å². The lowest BCUT2D eigenvalue weighted by Gasteiger charge is -2.38. The molecule has 8 nitrogen and oxygen atoms in total. The number of H-pyrrole nitrogens is 1. The molecule has 1 fully saturated rings. The standard InChI is InChI=1S/C26H27F3N4O4S3/c1-3-33(40(35,36)21-8-5-13-38-21)20-7-4-6-17-14-19(31-22(17)20)23-30-15-18(39-23)16-32-11-9-25(2,10-12-32)37-24(34)26(27,28)29/h4-8,13-15,31H,3,9-12,16H2,1-2H3. The van der Waals surface area contributed by atoms with E-state index in [1.165, 1.54) is 33.9 Å². The molecular weight excluding hydrogens is 586 g/mol. The first-order chi connectivity index (χ1) is 18.9. The summed E-state index contributed by atoms with van der Waals surface area (Å²) in [6.45, 7) is 5.12. The van der Waals surface area contributed by atoms with Crippen molar-refractivity contribution in [2.24, 2.45) is 0 Å². The third-order valence-electron chi connectivity index (χ3n) is 6.88. The number of carbonyl (C=O) groups excluding carboxylic acids is 1. The number of para-hydroxylation sites is 1. The number of esters is 1. The third-order valence-corrected chi connectivity index (χ3v) is 11.2. The van der Waals surface area contributed by atoms with Crippen LogP contribution in [0.15, 0.2) is 52.2 Å². The SMILES string of the molecule is CCN(c1cccc2cc(-c3ncc(CN4CCC(C)(OC(=O)C(F)(F)F)CC4)s3)[nH]c12)S(=O)(=O)c1cccs1. The number of thiazole rings is 1. The summed E-state index contributed by atoms with van der Waals surface area (Å²) < 4.78 is 70.9. The summed E-state index contributed by atoms with van der Waals surface area (Å²) in [7, 11) is -3.71. The molecule has 0 amide bonds. The van der Waals surface area contributed by atoms with Crippen molar-refractivity contribution in [1.82, 2.24) is 14.9 Å². The van der Waals surface area contributed by atoms with E-state index < -0.39 is 27.8 Å². The van der Waals surface area contributed by atoms with Crippen LogP contribution in [0.1, 0.15) is 31.6 Å². The Balaban J connectivity index is 1.30. The average molecular weight is 613 g/mol.